The average molecular weight is 306 g/mol. The fourth-order valence-corrected chi connectivity index (χ4v) is 2.84. The molecule has 0 bridgehead atoms. The number of pyridine rings is 1. The number of aromatic nitrogens is 4. The molecule has 0 aliphatic rings. The summed E-state index contributed by atoms with van der Waals surface area (Å²) in [5.41, 5.74) is 11.9. The zero-order chi connectivity index (χ0) is 16.0. The lowest BCUT2D eigenvalue weighted by Gasteiger charge is -2.05. The Morgan fingerprint density at radius 3 is 2.78 bits per heavy atom. The summed E-state index contributed by atoms with van der Waals surface area (Å²) >= 11 is 0. The number of nitrogens with two attached hydrogens (primary N) is 1. The van der Waals surface area contributed by atoms with Gasteiger partial charge in [-0.3, -0.25) is 0 Å². The fourth-order valence-electron chi connectivity index (χ4n) is 2.84. The van der Waals surface area contributed by atoms with Crippen LogP contribution in [0.25, 0.3) is 16.7 Å². The summed E-state index contributed by atoms with van der Waals surface area (Å²) in [5.74, 6) is 0.512. The SMILES string of the molecule is Cc1cccc2nc(CNc3cccc4c3nc(N)n4C)cn12. The summed E-state index contributed by atoms with van der Waals surface area (Å²) < 4.78 is 3.98. The average Bonchev–Trinajstić information content (AvgIpc) is 3.09. The quantitative estimate of drug-likeness (QED) is 0.610. The van der Waals surface area contributed by atoms with Crippen LogP contribution in [0.2, 0.25) is 0 Å². The molecule has 3 heterocycles. The zero-order valence-corrected chi connectivity index (χ0v) is 13.1. The molecule has 0 spiro atoms. The molecule has 0 unspecified atom stereocenters. The van der Waals surface area contributed by atoms with Gasteiger partial charge in [0.2, 0.25) is 5.95 Å². The van der Waals surface area contributed by atoms with E-state index in [4.69, 9.17) is 5.73 Å². The van der Waals surface area contributed by atoms with Crippen molar-refractivity contribution in [3.63, 3.8) is 0 Å². The van der Waals surface area contributed by atoms with E-state index in [1.807, 2.05) is 41.9 Å². The Morgan fingerprint density at radius 2 is 1.96 bits per heavy atom. The zero-order valence-electron chi connectivity index (χ0n) is 13.1. The first-order valence-electron chi connectivity index (χ1n) is 7.52. The number of hydrogen-bond donors (Lipinski definition) is 2. The molecule has 6 nitrogen and oxygen atoms in total. The lowest BCUT2D eigenvalue weighted by Crippen LogP contribution is -2.00. The first-order chi connectivity index (χ1) is 11.1. The van der Waals surface area contributed by atoms with Gasteiger partial charge in [0.05, 0.1) is 23.4 Å². The first kappa shape index (κ1) is 13.6. The minimum atomic E-state index is 0.512. The third-order valence-electron chi connectivity index (χ3n) is 4.15. The van der Waals surface area contributed by atoms with E-state index < -0.39 is 0 Å². The number of imidazole rings is 2. The molecule has 0 fully saturated rings. The van der Waals surface area contributed by atoms with Crippen LogP contribution in [0, 0.1) is 6.92 Å². The van der Waals surface area contributed by atoms with Crippen molar-refractivity contribution in [2.24, 2.45) is 7.05 Å². The normalized spacial score (nSPS) is 11.4. The predicted octanol–water partition coefficient (Wildman–Crippen LogP) is 2.72. The van der Waals surface area contributed by atoms with Crippen LogP contribution in [0.3, 0.4) is 0 Å². The smallest absolute Gasteiger partial charge is 0.201 e. The number of hydrogen-bond acceptors (Lipinski definition) is 4. The molecule has 0 amide bonds. The summed E-state index contributed by atoms with van der Waals surface area (Å²) in [6.07, 6.45) is 2.06. The minimum absolute atomic E-state index is 0.512. The van der Waals surface area contributed by atoms with Crippen molar-refractivity contribution in [3.05, 3.63) is 54.0 Å². The minimum Gasteiger partial charge on any atom is -0.378 e. The highest BCUT2D eigenvalue weighted by molar-refractivity contribution is 5.90. The number of aryl methyl sites for hydroxylation is 2. The predicted molar refractivity (Wildman–Crippen MR) is 92.4 cm³/mol. The van der Waals surface area contributed by atoms with Gasteiger partial charge in [-0.2, -0.15) is 0 Å². The van der Waals surface area contributed by atoms with E-state index in [0.717, 1.165) is 28.1 Å². The van der Waals surface area contributed by atoms with Crippen molar-refractivity contribution in [1.29, 1.82) is 0 Å². The highest BCUT2D eigenvalue weighted by Gasteiger charge is 2.09. The molecule has 1 aromatic carbocycles. The Morgan fingerprint density at radius 1 is 1.13 bits per heavy atom. The number of nitrogen functional groups attached to an aromatic ring is 1. The van der Waals surface area contributed by atoms with Crippen LogP contribution < -0.4 is 11.1 Å². The standard InChI is InChI=1S/C17H18N6/c1-11-5-3-8-15-20-12(10-23(11)15)9-19-13-6-4-7-14-16(13)21-17(18)22(14)2/h3-8,10,19H,9H2,1-2H3,(H2,18,21). The van der Waals surface area contributed by atoms with E-state index in [-0.39, 0.29) is 0 Å². The van der Waals surface area contributed by atoms with E-state index in [2.05, 4.69) is 38.9 Å². The van der Waals surface area contributed by atoms with Gasteiger partial charge < -0.3 is 20.0 Å². The maximum Gasteiger partial charge on any atom is 0.201 e. The molecular weight excluding hydrogens is 288 g/mol. The molecule has 3 N–H and O–H groups in total. The molecule has 0 atom stereocenters. The molecule has 0 aliphatic carbocycles. The Labute approximate surface area is 133 Å². The van der Waals surface area contributed by atoms with Crippen molar-refractivity contribution < 1.29 is 0 Å². The van der Waals surface area contributed by atoms with Gasteiger partial charge in [-0.1, -0.05) is 12.1 Å². The van der Waals surface area contributed by atoms with E-state index in [0.29, 0.717) is 12.5 Å². The number of benzene rings is 1. The van der Waals surface area contributed by atoms with Crippen LogP contribution in [0.15, 0.2) is 42.6 Å². The molecular formula is C17H18N6. The van der Waals surface area contributed by atoms with Gasteiger partial charge in [-0.05, 0) is 31.2 Å². The highest BCUT2D eigenvalue weighted by atomic mass is 15.1. The van der Waals surface area contributed by atoms with Gasteiger partial charge in [0.15, 0.2) is 0 Å². The molecule has 4 aromatic rings. The van der Waals surface area contributed by atoms with Gasteiger partial charge in [0.25, 0.3) is 0 Å². The number of anilines is 2. The fraction of sp³-hybridized carbons (Fsp3) is 0.176. The Bertz CT molecular complexity index is 1010. The van der Waals surface area contributed by atoms with Crippen molar-refractivity contribution in [1.82, 2.24) is 18.9 Å². The van der Waals surface area contributed by atoms with Crippen LogP contribution in [0.5, 0.6) is 0 Å². The first-order valence-corrected chi connectivity index (χ1v) is 7.52. The van der Waals surface area contributed by atoms with Crippen LogP contribution in [-0.4, -0.2) is 18.9 Å². The van der Waals surface area contributed by atoms with E-state index >= 15 is 0 Å². The number of rotatable bonds is 3. The molecule has 6 heteroatoms. The molecule has 0 saturated carbocycles. The molecule has 4 rings (SSSR count). The van der Waals surface area contributed by atoms with Crippen LogP contribution in [-0.2, 0) is 13.6 Å². The van der Waals surface area contributed by atoms with Gasteiger partial charge in [0, 0.05) is 18.9 Å². The largest absolute Gasteiger partial charge is 0.378 e. The highest BCUT2D eigenvalue weighted by Crippen LogP contribution is 2.24. The summed E-state index contributed by atoms with van der Waals surface area (Å²) in [6.45, 7) is 2.71. The number of nitrogens with one attached hydrogen (secondary N) is 1. The summed E-state index contributed by atoms with van der Waals surface area (Å²) in [4.78, 5) is 9.08. The van der Waals surface area contributed by atoms with Gasteiger partial charge >= 0.3 is 0 Å². The lowest BCUT2D eigenvalue weighted by atomic mass is 10.2. The summed E-state index contributed by atoms with van der Waals surface area (Å²) in [6, 6.07) is 12.1. The Kier molecular flexibility index (Phi) is 2.97. The van der Waals surface area contributed by atoms with Gasteiger partial charge in [-0.15, -0.1) is 0 Å². The topological polar surface area (TPSA) is 73.2 Å². The summed E-state index contributed by atoms with van der Waals surface area (Å²) in [5, 5.41) is 3.42. The van der Waals surface area contributed by atoms with Crippen molar-refractivity contribution in [3.8, 4) is 0 Å². The number of nitrogens with zero attached hydrogens (tertiary/aromatic N) is 4. The Balaban J connectivity index is 1.66. The van der Waals surface area contributed by atoms with Crippen molar-refractivity contribution in [2.45, 2.75) is 13.5 Å². The molecule has 23 heavy (non-hydrogen) atoms. The number of para-hydroxylation sites is 1. The van der Waals surface area contributed by atoms with E-state index in [1.165, 1.54) is 5.69 Å². The van der Waals surface area contributed by atoms with E-state index in [9.17, 15) is 0 Å². The maximum absolute atomic E-state index is 5.90. The second-order valence-electron chi connectivity index (χ2n) is 5.68. The molecule has 0 aliphatic heterocycles. The third-order valence-corrected chi connectivity index (χ3v) is 4.15. The molecule has 3 aromatic heterocycles. The van der Waals surface area contributed by atoms with Crippen LogP contribution in [0.4, 0.5) is 11.6 Å². The molecule has 116 valence electrons. The summed E-state index contributed by atoms with van der Waals surface area (Å²) in [7, 11) is 1.92. The van der Waals surface area contributed by atoms with Crippen LogP contribution in [0.1, 0.15) is 11.4 Å². The van der Waals surface area contributed by atoms with Crippen molar-refractivity contribution >= 4 is 28.3 Å². The molecule has 0 saturated heterocycles. The number of fused-ring (bicyclic) bond motifs is 2. The van der Waals surface area contributed by atoms with Gasteiger partial charge in [0.1, 0.15) is 11.2 Å². The second-order valence-corrected chi connectivity index (χ2v) is 5.68. The monoisotopic (exact) mass is 306 g/mol. The van der Waals surface area contributed by atoms with Crippen LogP contribution >= 0.6 is 0 Å². The Hall–Kier alpha value is -3.02. The lowest BCUT2D eigenvalue weighted by molar-refractivity contribution is 0.965. The third kappa shape index (κ3) is 2.19. The van der Waals surface area contributed by atoms with Gasteiger partial charge in [-0.25, -0.2) is 9.97 Å². The maximum atomic E-state index is 5.90. The van der Waals surface area contributed by atoms with E-state index in [1.54, 1.807) is 0 Å². The second kappa shape index (κ2) is 5.01. The van der Waals surface area contributed by atoms with Crippen molar-refractivity contribution in [2.75, 3.05) is 11.1 Å². The molecule has 0 radical (unpaired) electrons.